The number of nitrogens with zero attached hydrogens (tertiary/aromatic N) is 3. The second-order valence-electron chi connectivity index (χ2n) is 6.53. The van der Waals surface area contributed by atoms with Crippen molar-refractivity contribution in [3.63, 3.8) is 0 Å². The van der Waals surface area contributed by atoms with E-state index in [1.807, 2.05) is 11.0 Å². The lowest BCUT2D eigenvalue weighted by Crippen LogP contribution is -2.51. The van der Waals surface area contributed by atoms with Gasteiger partial charge in [-0.05, 0) is 29.8 Å². The minimum atomic E-state index is -3.73. The van der Waals surface area contributed by atoms with E-state index in [9.17, 15) is 13.2 Å². The highest BCUT2D eigenvalue weighted by Gasteiger charge is 2.35. The summed E-state index contributed by atoms with van der Waals surface area (Å²) in [4.78, 5) is 14.4. The summed E-state index contributed by atoms with van der Waals surface area (Å²) in [5.41, 5.74) is 0.910. The number of nitriles is 1. The third-order valence-corrected chi connectivity index (χ3v) is 7.10. The maximum Gasteiger partial charge on any atom is 0.327 e. The molecule has 2 aromatic rings. The predicted molar refractivity (Wildman–Crippen MR) is 108 cm³/mol. The fourth-order valence-corrected chi connectivity index (χ4v) is 5.07. The molecular weight excluding hydrogens is 414 g/mol. The summed E-state index contributed by atoms with van der Waals surface area (Å²) < 4.78 is 32.2. The Bertz CT molecular complexity index is 1040. The van der Waals surface area contributed by atoms with Crippen molar-refractivity contribution >= 4 is 27.6 Å². The van der Waals surface area contributed by atoms with Gasteiger partial charge in [0.2, 0.25) is 10.0 Å². The van der Waals surface area contributed by atoms with E-state index in [2.05, 4.69) is 0 Å². The van der Waals surface area contributed by atoms with E-state index >= 15 is 0 Å². The third-order valence-electron chi connectivity index (χ3n) is 4.86. The molecule has 2 aromatic carbocycles. The quantitative estimate of drug-likeness (QED) is 0.672. The highest BCUT2D eigenvalue weighted by atomic mass is 35.5. The van der Waals surface area contributed by atoms with Crippen molar-refractivity contribution < 1.29 is 17.9 Å². The number of ether oxygens (including phenoxy) is 1. The second-order valence-corrected chi connectivity index (χ2v) is 8.87. The number of carbonyl (C=O) groups is 1. The smallest absolute Gasteiger partial charge is 0.327 e. The summed E-state index contributed by atoms with van der Waals surface area (Å²) in [5, 5.41) is 9.47. The summed E-state index contributed by atoms with van der Waals surface area (Å²) in [6.45, 7) is 1.08. The SMILES string of the molecule is COC(=O)C(c1ccccc1Cl)N1CCN(S(=O)(=O)c2cccc(C#N)c2)CC1. The van der Waals surface area contributed by atoms with Crippen LogP contribution in [0.2, 0.25) is 5.02 Å². The molecule has 1 aliphatic heterocycles. The lowest BCUT2D eigenvalue weighted by molar-refractivity contribution is -0.147. The third kappa shape index (κ3) is 4.43. The number of piperazine rings is 1. The van der Waals surface area contributed by atoms with Gasteiger partial charge >= 0.3 is 5.97 Å². The molecule has 0 aliphatic carbocycles. The van der Waals surface area contributed by atoms with E-state index in [-0.39, 0.29) is 23.5 Å². The molecule has 0 spiro atoms. The first-order valence-electron chi connectivity index (χ1n) is 8.95. The van der Waals surface area contributed by atoms with Crippen molar-refractivity contribution in [1.82, 2.24) is 9.21 Å². The lowest BCUT2D eigenvalue weighted by Gasteiger charge is -2.37. The van der Waals surface area contributed by atoms with Crippen LogP contribution >= 0.6 is 11.6 Å². The van der Waals surface area contributed by atoms with E-state index in [0.717, 1.165) is 0 Å². The van der Waals surface area contributed by atoms with E-state index in [0.29, 0.717) is 23.7 Å². The summed E-state index contributed by atoms with van der Waals surface area (Å²) in [7, 11) is -2.41. The Morgan fingerprint density at radius 1 is 1.14 bits per heavy atom. The second kappa shape index (κ2) is 8.93. The molecule has 29 heavy (non-hydrogen) atoms. The molecule has 1 saturated heterocycles. The van der Waals surface area contributed by atoms with Crippen LogP contribution in [0.15, 0.2) is 53.4 Å². The highest BCUT2D eigenvalue weighted by Crippen LogP contribution is 2.30. The summed E-state index contributed by atoms with van der Waals surface area (Å²) >= 11 is 6.28. The van der Waals surface area contributed by atoms with Gasteiger partial charge in [-0.2, -0.15) is 9.57 Å². The molecule has 0 saturated carbocycles. The fourth-order valence-electron chi connectivity index (χ4n) is 3.36. The van der Waals surface area contributed by atoms with Crippen LogP contribution in [0, 0.1) is 11.3 Å². The highest BCUT2D eigenvalue weighted by molar-refractivity contribution is 7.89. The molecule has 0 aromatic heterocycles. The van der Waals surface area contributed by atoms with Crippen molar-refractivity contribution in [3.05, 3.63) is 64.7 Å². The van der Waals surface area contributed by atoms with Crippen LogP contribution < -0.4 is 0 Å². The molecular formula is C20H20ClN3O4S. The van der Waals surface area contributed by atoms with Gasteiger partial charge in [0.05, 0.1) is 23.6 Å². The minimum absolute atomic E-state index is 0.0839. The van der Waals surface area contributed by atoms with E-state index < -0.39 is 22.0 Å². The molecule has 1 aliphatic rings. The molecule has 152 valence electrons. The van der Waals surface area contributed by atoms with Crippen LogP contribution in [0.5, 0.6) is 0 Å². The number of esters is 1. The molecule has 0 amide bonds. The summed E-state index contributed by atoms with van der Waals surface area (Å²) in [6, 6.07) is 14.2. The number of hydrogen-bond acceptors (Lipinski definition) is 6. The molecule has 1 atom stereocenters. The number of methoxy groups -OCH3 is 1. The van der Waals surface area contributed by atoms with Crippen molar-refractivity contribution in [3.8, 4) is 6.07 Å². The lowest BCUT2D eigenvalue weighted by atomic mass is 10.0. The molecule has 1 fully saturated rings. The Morgan fingerprint density at radius 2 is 1.83 bits per heavy atom. The van der Waals surface area contributed by atoms with Crippen LogP contribution in [0.3, 0.4) is 0 Å². The van der Waals surface area contributed by atoms with Gasteiger partial charge in [0.25, 0.3) is 0 Å². The van der Waals surface area contributed by atoms with Crippen LogP contribution in [-0.2, 0) is 19.6 Å². The van der Waals surface area contributed by atoms with Gasteiger partial charge < -0.3 is 4.74 Å². The van der Waals surface area contributed by atoms with Gasteiger partial charge in [-0.1, -0.05) is 35.9 Å². The van der Waals surface area contributed by atoms with Gasteiger partial charge in [-0.25, -0.2) is 13.2 Å². The predicted octanol–water partition coefficient (Wildman–Crippen LogP) is 2.43. The fraction of sp³-hybridized carbons (Fsp3) is 0.300. The number of halogens is 1. The van der Waals surface area contributed by atoms with Gasteiger partial charge in [-0.15, -0.1) is 0 Å². The summed E-state index contributed by atoms with van der Waals surface area (Å²) in [5.74, 6) is -0.448. The van der Waals surface area contributed by atoms with Crippen molar-refractivity contribution in [2.24, 2.45) is 0 Å². The van der Waals surface area contributed by atoms with Gasteiger partial charge in [-0.3, -0.25) is 4.90 Å². The van der Waals surface area contributed by atoms with Crippen molar-refractivity contribution in [2.45, 2.75) is 10.9 Å². The van der Waals surface area contributed by atoms with E-state index in [4.69, 9.17) is 21.6 Å². The average Bonchev–Trinajstić information content (AvgIpc) is 2.75. The zero-order chi connectivity index (χ0) is 21.0. The van der Waals surface area contributed by atoms with Crippen molar-refractivity contribution in [1.29, 1.82) is 5.26 Å². The molecule has 1 heterocycles. The first-order valence-corrected chi connectivity index (χ1v) is 10.8. The Kier molecular flexibility index (Phi) is 6.55. The van der Waals surface area contributed by atoms with Crippen LogP contribution in [0.4, 0.5) is 0 Å². The minimum Gasteiger partial charge on any atom is -0.468 e. The number of sulfonamides is 1. The molecule has 7 nitrogen and oxygen atoms in total. The average molecular weight is 434 g/mol. The maximum absolute atomic E-state index is 12.9. The number of rotatable bonds is 5. The first-order chi connectivity index (χ1) is 13.9. The number of carbonyl (C=O) groups excluding carboxylic acids is 1. The zero-order valence-corrected chi connectivity index (χ0v) is 17.4. The van der Waals surface area contributed by atoms with Gasteiger partial charge in [0.15, 0.2) is 0 Å². The molecule has 0 radical (unpaired) electrons. The molecule has 1 unspecified atom stereocenters. The molecule has 9 heteroatoms. The topological polar surface area (TPSA) is 90.7 Å². The normalized spacial score (nSPS) is 16.7. The van der Waals surface area contributed by atoms with Gasteiger partial charge in [0, 0.05) is 31.2 Å². The largest absolute Gasteiger partial charge is 0.468 e. The van der Waals surface area contributed by atoms with Crippen LogP contribution in [-0.4, -0.2) is 56.9 Å². The number of hydrogen-bond donors (Lipinski definition) is 0. The van der Waals surface area contributed by atoms with E-state index in [1.165, 1.54) is 23.5 Å². The van der Waals surface area contributed by atoms with E-state index in [1.54, 1.807) is 36.4 Å². The monoisotopic (exact) mass is 433 g/mol. The maximum atomic E-state index is 12.9. The Hall–Kier alpha value is -2.44. The molecule has 0 bridgehead atoms. The standard InChI is InChI=1S/C20H20ClN3O4S/c1-28-20(25)19(17-7-2-3-8-18(17)21)23-9-11-24(12-10-23)29(26,27)16-6-4-5-15(13-16)14-22/h2-8,13,19H,9-12H2,1H3. The van der Waals surface area contributed by atoms with Crippen LogP contribution in [0.1, 0.15) is 17.2 Å². The Balaban J connectivity index is 1.80. The van der Waals surface area contributed by atoms with Crippen molar-refractivity contribution in [2.75, 3.05) is 33.3 Å². The van der Waals surface area contributed by atoms with Crippen LogP contribution in [0.25, 0.3) is 0 Å². The zero-order valence-electron chi connectivity index (χ0n) is 15.8. The Labute approximate surface area is 175 Å². The summed E-state index contributed by atoms with van der Waals surface area (Å²) in [6.07, 6.45) is 0. The molecule has 3 rings (SSSR count). The Morgan fingerprint density at radius 3 is 2.45 bits per heavy atom. The number of benzene rings is 2. The van der Waals surface area contributed by atoms with Gasteiger partial charge in [0.1, 0.15) is 6.04 Å². The first kappa shape index (κ1) is 21.3. The molecule has 0 N–H and O–H groups in total.